The number of carboxylic acid groups (broad SMARTS) is 1. The SMILES string of the molecule is C[N+]1(CC(=O)O)CCCCC1.Cl. The van der Waals surface area contributed by atoms with Crippen molar-refractivity contribution in [2.45, 2.75) is 19.3 Å². The molecule has 3 nitrogen and oxygen atoms in total. The number of halogens is 1. The van der Waals surface area contributed by atoms with Crippen molar-refractivity contribution in [2.75, 3.05) is 26.7 Å². The lowest BCUT2D eigenvalue weighted by molar-refractivity contribution is -0.907. The van der Waals surface area contributed by atoms with E-state index in [0.717, 1.165) is 17.6 Å². The molecule has 1 saturated heterocycles. The fraction of sp³-hybridized carbons (Fsp3) is 0.875. The van der Waals surface area contributed by atoms with Gasteiger partial charge in [-0.15, -0.1) is 12.4 Å². The minimum atomic E-state index is -0.672. The van der Waals surface area contributed by atoms with E-state index in [9.17, 15) is 4.79 Å². The van der Waals surface area contributed by atoms with Crippen LogP contribution in [0.1, 0.15) is 19.3 Å². The predicted molar refractivity (Wildman–Crippen MR) is 49.5 cm³/mol. The molecule has 4 heteroatoms. The van der Waals surface area contributed by atoms with Crippen molar-refractivity contribution in [1.29, 1.82) is 0 Å². The molecule has 0 aliphatic carbocycles. The number of nitrogens with zero attached hydrogens (tertiary/aromatic N) is 1. The standard InChI is InChI=1S/C8H15NO2.ClH/c1-9(7-8(10)11)5-3-2-4-6-9;/h2-7H2,1H3;1H/p+1. The van der Waals surface area contributed by atoms with Gasteiger partial charge < -0.3 is 9.59 Å². The van der Waals surface area contributed by atoms with Crippen molar-refractivity contribution in [2.24, 2.45) is 0 Å². The Hall–Kier alpha value is -0.280. The van der Waals surface area contributed by atoms with Crippen LogP contribution in [0.15, 0.2) is 0 Å². The summed E-state index contributed by atoms with van der Waals surface area (Å²) in [6, 6.07) is 0. The van der Waals surface area contributed by atoms with E-state index in [4.69, 9.17) is 5.11 Å². The van der Waals surface area contributed by atoms with E-state index in [-0.39, 0.29) is 12.4 Å². The summed E-state index contributed by atoms with van der Waals surface area (Å²) in [5.41, 5.74) is 0. The second-order valence-electron chi connectivity index (χ2n) is 3.68. The third-order valence-electron chi connectivity index (χ3n) is 2.41. The average molecular weight is 195 g/mol. The molecule has 1 heterocycles. The van der Waals surface area contributed by atoms with Crippen molar-refractivity contribution in [3.63, 3.8) is 0 Å². The fourth-order valence-electron chi connectivity index (χ4n) is 1.76. The summed E-state index contributed by atoms with van der Waals surface area (Å²) in [6.45, 7) is 2.36. The lowest BCUT2D eigenvalue weighted by Gasteiger charge is -2.36. The summed E-state index contributed by atoms with van der Waals surface area (Å²) in [6.07, 6.45) is 3.64. The second-order valence-corrected chi connectivity index (χ2v) is 3.68. The number of carbonyl (C=O) groups is 1. The normalized spacial score (nSPS) is 21.1. The van der Waals surface area contributed by atoms with Crippen LogP contribution in [0.3, 0.4) is 0 Å². The monoisotopic (exact) mass is 194 g/mol. The van der Waals surface area contributed by atoms with E-state index >= 15 is 0 Å². The highest BCUT2D eigenvalue weighted by Gasteiger charge is 2.26. The maximum absolute atomic E-state index is 10.5. The van der Waals surface area contributed by atoms with Crippen LogP contribution in [0.25, 0.3) is 0 Å². The van der Waals surface area contributed by atoms with Crippen molar-refractivity contribution < 1.29 is 14.4 Å². The summed E-state index contributed by atoms with van der Waals surface area (Å²) >= 11 is 0. The van der Waals surface area contributed by atoms with Gasteiger partial charge in [0, 0.05) is 0 Å². The van der Waals surface area contributed by atoms with Crippen LogP contribution in [-0.4, -0.2) is 42.2 Å². The van der Waals surface area contributed by atoms with Gasteiger partial charge in [0.05, 0.1) is 20.1 Å². The number of hydrogen-bond acceptors (Lipinski definition) is 1. The molecule has 12 heavy (non-hydrogen) atoms. The Labute approximate surface area is 79.4 Å². The third kappa shape index (κ3) is 3.41. The fourth-order valence-corrected chi connectivity index (χ4v) is 1.76. The molecule has 1 rings (SSSR count). The first-order valence-corrected chi connectivity index (χ1v) is 4.18. The van der Waals surface area contributed by atoms with Gasteiger partial charge in [-0.05, 0) is 19.3 Å². The molecule has 72 valence electrons. The van der Waals surface area contributed by atoms with E-state index in [2.05, 4.69) is 0 Å². The van der Waals surface area contributed by atoms with Crippen LogP contribution in [0.2, 0.25) is 0 Å². The highest BCUT2D eigenvalue weighted by molar-refractivity contribution is 5.85. The zero-order chi connectivity index (χ0) is 8.32. The Morgan fingerprint density at radius 1 is 1.33 bits per heavy atom. The number of likely N-dealkylation sites (N-methyl/N-ethyl adjacent to an activating group) is 1. The van der Waals surface area contributed by atoms with E-state index in [0.29, 0.717) is 6.54 Å². The maximum Gasteiger partial charge on any atom is 0.359 e. The highest BCUT2D eigenvalue weighted by Crippen LogP contribution is 2.15. The molecule has 0 atom stereocenters. The minimum absolute atomic E-state index is 0. The number of carboxylic acids is 1. The van der Waals surface area contributed by atoms with Crippen molar-refractivity contribution >= 4 is 18.4 Å². The van der Waals surface area contributed by atoms with E-state index in [1.807, 2.05) is 7.05 Å². The number of piperidine rings is 1. The quantitative estimate of drug-likeness (QED) is 0.670. The molecule has 0 spiro atoms. The first-order valence-electron chi connectivity index (χ1n) is 4.18. The van der Waals surface area contributed by atoms with Crippen LogP contribution in [0, 0.1) is 0 Å². The Bertz CT molecular complexity index is 155. The molecule has 1 N–H and O–H groups in total. The topological polar surface area (TPSA) is 37.3 Å². The number of hydrogen-bond donors (Lipinski definition) is 1. The van der Waals surface area contributed by atoms with Gasteiger partial charge >= 0.3 is 5.97 Å². The largest absolute Gasteiger partial charge is 0.477 e. The first kappa shape index (κ1) is 11.7. The summed E-state index contributed by atoms with van der Waals surface area (Å²) in [4.78, 5) is 10.5. The average Bonchev–Trinajstić information content (AvgIpc) is 1.85. The Morgan fingerprint density at radius 3 is 2.25 bits per heavy atom. The number of quaternary nitrogens is 1. The van der Waals surface area contributed by atoms with Crippen LogP contribution >= 0.6 is 12.4 Å². The van der Waals surface area contributed by atoms with Crippen LogP contribution in [0.4, 0.5) is 0 Å². The molecule has 0 bridgehead atoms. The summed E-state index contributed by atoms with van der Waals surface area (Å²) in [5, 5.41) is 8.62. The zero-order valence-electron chi connectivity index (χ0n) is 7.45. The molecule has 1 aliphatic heterocycles. The smallest absolute Gasteiger partial charge is 0.359 e. The molecule has 0 aromatic heterocycles. The lowest BCUT2D eigenvalue weighted by Crippen LogP contribution is -2.50. The van der Waals surface area contributed by atoms with Gasteiger partial charge in [0.15, 0.2) is 6.54 Å². The van der Waals surface area contributed by atoms with Crippen LogP contribution in [0.5, 0.6) is 0 Å². The van der Waals surface area contributed by atoms with Gasteiger partial charge in [0.1, 0.15) is 0 Å². The molecule has 0 aromatic rings. The molecule has 0 unspecified atom stereocenters. The van der Waals surface area contributed by atoms with Crippen LogP contribution < -0.4 is 0 Å². The van der Waals surface area contributed by atoms with E-state index in [1.54, 1.807) is 0 Å². The molecular formula is C8H17ClNO2+. The molecule has 1 fully saturated rings. The summed E-state index contributed by atoms with van der Waals surface area (Å²) in [5.74, 6) is -0.672. The molecular weight excluding hydrogens is 178 g/mol. The van der Waals surface area contributed by atoms with Gasteiger partial charge in [-0.1, -0.05) is 0 Å². The van der Waals surface area contributed by atoms with Gasteiger partial charge in [0.25, 0.3) is 0 Å². The van der Waals surface area contributed by atoms with Crippen molar-refractivity contribution in [3.8, 4) is 0 Å². The molecule has 1 aliphatic rings. The molecule has 0 radical (unpaired) electrons. The van der Waals surface area contributed by atoms with E-state index in [1.165, 1.54) is 19.3 Å². The van der Waals surface area contributed by atoms with Gasteiger partial charge in [-0.25, -0.2) is 4.79 Å². The zero-order valence-corrected chi connectivity index (χ0v) is 8.27. The Kier molecular flexibility index (Phi) is 4.57. The van der Waals surface area contributed by atoms with Crippen molar-refractivity contribution in [3.05, 3.63) is 0 Å². The molecule has 0 amide bonds. The third-order valence-corrected chi connectivity index (χ3v) is 2.41. The number of likely N-dealkylation sites (tertiary alicyclic amines) is 1. The van der Waals surface area contributed by atoms with Gasteiger partial charge in [0.2, 0.25) is 0 Å². The first-order chi connectivity index (χ1) is 5.12. The highest BCUT2D eigenvalue weighted by atomic mass is 35.5. The van der Waals surface area contributed by atoms with Gasteiger partial charge in [-0.2, -0.15) is 0 Å². The van der Waals surface area contributed by atoms with E-state index < -0.39 is 5.97 Å². The summed E-state index contributed by atoms with van der Waals surface area (Å²) < 4.78 is 0.731. The number of aliphatic carboxylic acids is 1. The summed E-state index contributed by atoms with van der Waals surface area (Å²) in [7, 11) is 2.04. The Balaban J connectivity index is 0.00000121. The van der Waals surface area contributed by atoms with Crippen LogP contribution in [-0.2, 0) is 4.79 Å². The lowest BCUT2D eigenvalue weighted by atomic mass is 10.1. The number of rotatable bonds is 2. The van der Waals surface area contributed by atoms with Gasteiger partial charge in [-0.3, -0.25) is 0 Å². The Morgan fingerprint density at radius 2 is 1.83 bits per heavy atom. The van der Waals surface area contributed by atoms with Crippen molar-refractivity contribution in [1.82, 2.24) is 0 Å². The molecule has 0 saturated carbocycles. The second kappa shape index (κ2) is 4.67. The molecule has 0 aromatic carbocycles. The maximum atomic E-state index is 10.5. The minimum Gasteiger partial charge on any atom is -0.477 e. The predicted octanol–water partition coefficient (Wildman–Crippen LogP) is 1.12.